The Labute approximate surface area is 130 Å². The summed E-state index contributed by atoms with van der Waals surface area (Å²) in [5, 5.41) is 9.03. The molecular weight excluding hydrogens is 321 g/mol. The zero-order chi connectivity index (χ0) is 15.4. The van der Waals surface area contributed by atoms with E-state index in [-0.39, 0.29) is 33.5 Å². The molecule has 20 heavy (non-hydrogen) atoms. The average Bonchev–Trinajstić information content (AvgIpc) is 2.34. The second-order valence-electron chi connectivity index (χ2n) is 5.37. The highest BCUT2D eigenvalue weighted by atomic mass is 35.5. The number of halogens is 2. The normalized spacial score (nSPS) is 12.7. The molecule has 0 aliphatic rings. The fraction of sp³-hybridized carbons (Fsp3) is 0.538. The quantitative estimate of drug-likeness (QED) is 0.802. The number of hydrogen-bond donors (Lipinski definition) is 2. The zero-order valence-electron chi connectivity index (χ0n) is 11.5. The summed E-state index contributed by atoms with van der Waals surface area (Å²) in [5.41, 5.74) is -0.260. The Hall–Kier alpha value is -0.330. The van der Waals surface area contributed by atoms with E-state index in [9.17, 15) is 8.42 Å². The van der Waals surface area contributed by atoms with Crippen LogP contribution >= 0.6 is 23.2 Å². The molecule has 0 heterocycles. The van der Waals surface area contributed by atoms with Crippen molar-refractivity contribution in [2.45, 2.75) is 31.6 Å². The van der Waals surface area contributed by atoms with Crippen molar-refractivity contribution >= 4 is 33.2 Å². The lowest BCUT2D eigenvalue weighted by Gasteiger charge is -2.24. The molecule has 0 aliphatic heterocycles. The minimum Gasteiger partial charge on any atom is -0.396 e. The van der Waals surface area contributed by atoms with E-state index in [1.807, 2.05) is 13.8 Å². The third-order valence-electron chi connectivity index (χ3n) is 2.94. The molecule has 0 aromatic heterocycles. The summed E-state index contributed by atoms with van der Waals surface area (Å²) in [4.78, 5) is -0.0960. The predicted octanol–water partition coefficient (Wildman–Crippen LogP) is 3.07. The lowest BCUT2D eigenvalue weighted by molar-refractivity contribution is 0.242. The van der Waals surface area contributed by atoms with Crippen LogP contribution < -0.4 is 4.72 Å². The molecular formula is C13H19Cl2NO3S. The van der Waals surface area contributed by atoms with Crippen LogP contribution in [0.2, 0.25) is 10.0 Å². The Morgan fingerprint density at radius 3 is 2.30 bits per heavy atom. The molecule has 0 spiro atoms. The van der Waals surface area contributed by atoms with Gasteiger partial charge in [0, 0.05) is 13.2 Å². The van der Waals surface area contributed by atoms with Gasteiger partial charge in [-0.25, -0.2) is 13.1 Å². The third kappa shape index (κ3) is 4.90. The van der Waals surface area contributed by atoms with E-state index in [0.717, 1.165) is 0 Å². The van der Waals surface area contributed by atoms with E-state index in [0.29, 0.717) is 12.8 Å². The van der Waals surface area contributed by atoms with Crippen molar-refractivity contribution in [3.8, 4) is 0 Å². The molecule has 0 radical (unpaired) electrons. The number of aliphatic hydroxyl groups is 1. The van der Waals surface area contributed by atoms with E-state index in [2.05, 4.69) is 4.72 Å². The maximum atomic E-state index is 12.3. The summed E-state index contributed by atoms with van der Waals surface area (Å²) >= 11 is 11.8. The van der Waals surface area contributed by atoms with Crippen LogP contribution in [-0.4, -0.2) is 26.7 Å². The van der Waals surface area contributed by atoms with Gasteiger partial charge in [0.1, 0.15) is 4.90 Å². The van der Waals surface area contributed by atoms with Gasteiger partial charge in [-0.2, -0.15) is 0 Å². The highest BCUT2D eigenvalue weighted by molar-refractivity contribution is 7.89. The van der Waals surface area contributed by atoms with Gasteiger partial charge in [-0.3, -0.25) is 0 Å². The SMILES string of the molecule is CC(C)(CCCO)CNS(=O)(=O)c1c(Cl)cccc1Cl. The van der Waals surface area contributed by atoms with Crippen LogP contribution in [-0.2, 0) is 10.0 Å². The Balaban J connectivity index is 2.86. The van der Waals surface area contributed by atoms with Gasteiger partial charge in [0.15, 0.2) is 0 Å². The van der Waals surface area contributed by atoms with Crippen molar-refractivity contribution in [3.63, 3.8) is 0 Å². The topological polar surface area (TPSA) is 66.4 Å². The standard InChI is InChI=1S/C13H19Cl2NO3S/c1-13(2,7-4-8-17)9-16-20(18,19)12-10(14)5-3-6-11(12)15/h3,5-6,16-17H,4,7-9H2,1-2H3. The molecule has 4 nitrogen and oxygen atoms in total. The highest BCUT2D eigenvalue weighted by Gasteiger charge is 2.25. The van der Waals surface area contributed by atoms with Gasteiger partial charge in [-0.15, -0.1) is 0 Å². The lowest BCUT2D eigenvalue weighted by atomic mass is 9.88. The van der Waals surface area contributed by atoms with Gasteiger partial charge in [0.2, 0.25) is 10.0 Å². The second-order valence-corrected chi connectivity index (χ2v) is 7.88. The summed E-state index contributed by atoms with van der Waals surface area (Å²) < 4.78 is 27.1. The average molecular weight is 340 g/mol. The lowest BCUT2D eigenvalue weighted by Crippen LogP contribution is -2.34. The Kier molecular flexibility index (Phi) is 6.28. The van der Waals surface area contributed by atoms with Crippen molar-refractivity contribution in [1.29, 1.82) is 0 Å². The van der Waals surface area contributed by atoms with Gasteiger partial charge in [0.05, 0.1) is 10.0 Å². The minimum absolute atomic E-state index is 0.0898. The number of aliphatic hydroxyl groups excluding tert-OH is 1. The molecule has 1 aromatic rings. The van der Waals surface area contributed by atoms with E-state index in [1.54, 1.807) is 6.07 Å². The van der Waals surface area contributed by atoms with E-state index in [1.165, 1.54) is 12.1 Å². The fourth-order valence-electron chi connectivity index (χ4n) is 1.75. The van der Waals surface area contributed by atoms with Gasteiger partial charge in [-0.05, 0) is 30.4 Å². The minimum atomic E-state index is -3.76. The summed E-state index contributed by atoms with van der Waals surface area (Å²) in [5.74, 6) is 0. The molecule has 2 N–H and O–H groups in total. The van der Waals surface area contributed by atoms with Crippen LogP contribution in [0.4, 0.5) is 0 Å². The molecule has 0 fully saturated rings. The smallest absolute Gasteiger partial charge is 0.243 e. The maximum Gasteiger partial charge on any atom is 0.243 e. The number of sulfonamides is 1. The largest absolute Gasteiger partial charge is 0.396 e. The summed E-state index contributed by atoms with van der Waals surface area (Å²) in [7, 11) is -3.76. The van der Waals surface area contributed by atoms with Crippen LogP contribution in [0, 0.1) is 5.41 Å². The number of benzene rings is 1. The number of nitrogens with one attached hydrogen (secondary N) is 1. The molecule has 0 unspecified atom stereocenters. The molecule has 7 heteroatoms. The van der Waals surface area contributed by atoms with Crippen LogP contribution in [0.3, 0.4) is 0 Å². The molecule has 0 saturated carbocycles. The summed E-state index contributed by atoms with van der Waals surface area (Å²) in [6.07, 6.45) is 1.34. The molecule has 0 bridgehead atoms. The first kappa shape index (κ1) is 17.7. The first-order valence-corrected chi connectivity index (χ1v) is 8.48. The second kappa shape index (κ2) is 7.09. The molecule has 0 amide bonds. The van der Waals surface area contributed by atoms with Gasteiger partial charge >= 0.3 is 0 Å². The van der Waals surface area contributed by atoms with Crippen molar-refractivity contribution < 1.29 is 13.5 Å². The zero-order valence-corrected chi connectivity index (χ0v) is 13.8. The van der Waals surface area contributed by atoms with E-state index < -0.39 is 10.0 Å². The first-order chi connectivity index (χ1) is 9.19. The molecule has 0 aliphatic carbocycles. The van der Waals surface area contributed by atoms with Crippen LogP contribution in [0.25, 0.3) is 0 Å². The third-order valence-corrected chi connectivity index (χ3v) is 5.30. The van der Waals surface area contributed by atoms with E-state index >= 15 is 0 Å². The molecule has 1 aromatic carbocycles. The predicted molar refractivity (Wildman–Crippen MR) is 81.8 cm³/mol. The van der Waals surface area contributed by atoms with Crippen molar-refractivity contribution in [1.82, 2.24) is 4.72 Å². The molecule has 0 saturated heterocycles. The van der Waals surface area contributed by atoms with Crippen LogP contribution in [0.5, 0.6) is 0 Å². The van der Waals surface area contributed by atoms with Crippen molar-refractivity contribution in [2.75, 3.05) is 13.2 Å². The summed E-state index contributed by atoms with van der Waals surface area (Å²) in [6.45, 7) is 4.20. The Morgan fingerprint density at radius 2 is 1.80 bits per heavy atom. The highest BCUT2D eigenvalue weighted by Crippen LogP contribution is 2.29. The fourth-order valence-corrected chi connectivity index (χ4v) is 4.13. The van der Waals surface area contributed by atoms with Crippen LogP contribution in [0.15, 0.2) is 23.1 Å². The number of rotatable bonds is 7. The molecule has 114 valence electrons. The van der Waals surface area contributed by atoms with Gasteiger partial charge in [-0.1, -0.05) is 43.1 Å². The van der Waals surface area contributed by atoms with Crippen molar-refractivity contribution in [2.24, 2.45) is 5.41 Å². The van der Waals surface area contributed by atoms with Gasteiger partial charge in [0.25, 0.3) is 0 Å². The Morgan fingerprint density at radius 1 is 1.25 bits per heavy atom. The molecule has 0 atom stereocenters. The summed E-state index contributed by atoms with van der Waals surface area (Å²) in [6, 6.07) is 4.56. The van der Waals surface area contributed by atoms with Gasteiger partial charge < -0.3 is 5.11 Å². The molecule has 1 rings (SSSR count). The monoisotopic (exact) mass is 339 g/mol. The maximum absolute atomic E-state index is 12.3. The van der Waals surface area contributed by atoms with E-state index in [4.69, 9.17) is 28.3 Å². The Bertz CT molecular complexity index is 538. The first-order valence-electron chi connectivity index (χ1n) is 6.24. The number of hydrogen-bond acceptors (Lipinski definition) is 3. The van der Waals surface area contributed by atoms with Crippen molar-refractivity contribution in [3.05, 3.63) is 28.2 Å². The van der Waals surface area contributed by atoms with Crippen LogP contribution in [0.1, 0.15) is 26.7 Å².